The van der Waals surface area contributed by atoms with E-state index in [2.05, 4.69) is 13.8 Å². The lowest BCUT2D eigenvalue weighted by atomic mass is 10.1. The Morgan fingerprint density at radius 3 is 2.00 bits per heavy atom. The Bertz CT molecular complexity index is 186. The molecule has 0 saturated heterocycles. The molecule has 104 valence electrons. The van der Waals surface area contributed by atoms with E-state index in [0.29, 0.717) is 13.0 Å². The summed E-state index contributed by atoms with van der Waals surface area (Å²) in [6.45, 7) is 10.6. The third kappa shape index (κ3) is 9.57. The molecule has 0 spiro atoms. The summed E-state index contributed by atoms with van der Waals surface area (Å²) >= 11 is 0. The molecule has 0 bridgehead atoms. The van der Waals surface area contributed by atoms with Crippen molar-refractivity contribution >= 4 is 0 Å². The van der Waals surface area contributed by atoms with E-state index in [0.717, 1.165) is 32.1 Å². The fourth-order valence-electron chi connectivity index (χ4n) is 1.61. The molecule has 0 aliphatic carbocycles. The van der Waals surface area contributed by atoms with E-state index in [1.54, 1.807) is 0 Å². The molecular weight excluding hydrogens is 216 g/mol. The summed E-state index contributed by atoms with van der Waals surface area (Å²) in [5.41, 5.74) is -0.396. The molecule has 1 N–H and O–H groups in total. The maximum atomic E-state index is 10.3. The fourth-order valence-corrected chi connectivity index (χ4v) is 1.61. The molecule has 0 heterocycles. The highest BCUT2D eigenvalue weighted by Gasteiger charge is 2.33. The molecule has 3 nitrogen and oxygen atoms in total. The molecule has 1 unspecified atom stereocenters. The van der Waals surface area contributed by atoms with Crippen LogP contribution in [0.2, 0.25) is 0 Å². The molecule has 0 aromatic rings. The van der Waals surface area contributed by atoms with Gasteiger partial charge in [0.15, 0.2) is 0 Å². The topological polar surface area (TPSA) is 38.7 Å². The third-order valence-electron chi connectivity index (χ3n) is 2.39. The first-order valence-corrected chi connectivity index (χ1v) is 6.89. The molecule has 0 radical (unpaired) electrons. The SMILES string of the molecule is CCCCCOC(O)(CCCC)OC(C)(C)C. The lowest BCUT2D eigenvalue weighted by Crippen LogP contribution is -2.42. The second kappa shape index (κ2) is 8.06. The summed E-state index contributed by atoms with van der Waals surface area (Å²) in [4.78, 5) is 0. The first kappa shape index (κ1) is 16.9. The van der Waals surface area contributed by atoms with Crippen LogP contribution in [-0.4, -0.2) is 23.3 Å². The van der Waals surface area contributed by atoms with Gasteiger partial charge >= 0.3 is 0 Å². The molecule has 17 heavy (non-hydrogen) atoms. The van der Waals surface area contributed by atoms with E-state index in [1.165, 1.54) is 0 Å². The van der Waals surface area contributed by atoms with Crippen LogP contribution in [0.3, 0.4) is 0 Å². The summed E-state index contributed by atoms with van der Waals surface area (Å²) in [5, 5.41) is 10.3. The Balaban J connectivity index is 4.18. The Hall–Kier alpha value is -0.120. The number of aliphatic hydroxyl groups is 1. The van der Waals surface area contributed by atoms with Crippen molar-refractivity contribution in [2.45, 2.75) is 84.7 Å². The van der Waals surface area contributed by atoms with Gasteiger partial charge < -0.3 is 14.6 Å². The van der Waals surface area contributed by atoms with Crippen molar-refractivity contribution in [3.8, 4) is 0 Å². The van der Waals surface area contributed by atoms with E-state index in [-0.39, 0.29) is 0 Å². The first-order valence-electron chi connectivity index (χ1n) is 6.89. The van der Waals surface area contributed by atoms with E-state index < -0.39 is 11.6 Å². The molecule has 0 saturated carbocycles. The molecule has 3 heteroatoms. The zero-order valence-electron chi connectivity index (χ0n) is 12.2. The number of rotatable bonds is 9. The van der Waals surface area contributed by atoms with Gasteiger partial charge in [-0.25, -0.2) is 0 Å². The van der Waals surface area contributed by atoms with Gasteiger partial charge in [-0.1, -0.05) is 33.1 Å². The minimum Gasteiger partial charge on any atom is -0.343 e. The molecule has 0 fully saturated rings. The molecule has 0 amide bonds. The Kier molecular flexibility index (Phi) is 8.01. The summed E-state index contributed by atoms with van der Waals surface area (Å²) in [5.74, 6) is -1.41. The number of hydrogen-bond acceptors (Lipinski definition) is 3. The van der Waals surface area contributed by atoms with E-state index in [9.17, 15) is 5.11 Å². The van der Waals surface area contributed by atoms with Crippen molar-refractivity contribution in [3.63, 3.8) is 0 Å². The van der Waals surface area contributed by atoms with Crippen LogP contribution < -0.4 is 0 Å². The molecule has 1 atom stereocenters. The number of hydrogen-bond donors (Lipinski definition) is 1. The number of unbranched alkanes of at least 4 members (excludes halogenated alkanes) is 3. The Morgan fingerprint density at radius 2 is 1.53 bits per heavy atom. The van der Waals surface area contributed by atoms with Crippen LogP contribution >= 0.6 is 0 Å². The second-order valence-electron chi connectivity index (χ2n) is 5.59. The lowest BCUT2D eigenvalue weighted by Gasteiger charge is -2.34. The average molecular weight is 246 g/mol. The lowest BCUT2D eigenvalue weighted by molar-refractivity contribution is -0.390. The van der Waals surface area contributed by atoms with Crippen LogP contribution in [-0.2, 0) is 9.47 Å². The summed E-state index contributed by atoms with van der Waals surface area (Å²) in [7, 11) is 0. The molecule has 0 aromatic carbocycles. The Morgan fingerprint density at radius 1 is 0.941 bits per heavy atom. The zero-order valence-corrected chi connectivity index (χ0v) is 12.2. The average Bonchev–Trinajstić information content (AvgIpc) is 2.19. The smallest absolute Gasteiger partial charge is 0.280 e. The monoisotopic (exact) mass is 246 g/mol. The zero-order chi connectivity index (χ0) is 13.4. The predicted octanol–water partition coefficient (Wildman–Crippen LogP) is 3.84. The van der Waals surface area contributed by atoms with Crippen molar-refractivity contribution < 1.29 is 14.6 Å². The van der Waals surface area contributed by atoms with Gasteiger partial charge in [0.25, 0.3) is 5.97 Å². The highest BCUT2D eigenvalue weighted by molar-refractivity contribution is 4.65. The molecule has 0 aliphatic rings. The highest BCUT2D eigenvalue weighted by Crippen LogP contribution is 2.25. The van der Waals surface area contributed by atoms with Crippen LogP contribution in [0.25, 0.3) is 0 Å². The largest absolute Gasteiger partial charge is 0.343 e. The van der Waals surface area contributed by atoms with Crippen LogP contribution in [0.15, 0.2) is 0 Å². The maximum Gasteiger partial charge on any atom is 0.280 e. The summed E-state index contributed by atoms with van der Waals surface area (Å²) < 4.78 is 11.2. The van der Waals surface area contributed by atoms with E-state index in [1.807, 2.05) is 20.8 Å². The van der Waals surface area contributed by atoms with Gasteiger partial charge in [-0.05, 0) is 33.6 Å². The van der Waals surface area contributed by atoms with Crippen LogP contribution in [0.5, 0.6) is 0 Å². The summed E-state index contributed by atoms with van der Waals surface area (Å²) in [6, 6.07) is 0. The number of ether oxygens (including phenoxy) is 2. The minimum atomic E-state index is -1.41. The van der Waals surface area contributed by atoms with Crippen LogP contribution in [0.4, 0.5) is 0 Å². The van der Waals surface area contributed by atoms with Crippen LogP contribution in [0, 0.1) is 0 Å². The van der Waals surface area contributed by atoms with Gasteiger partial charge in [0.05, 0.1) is 12.2 Å². The van der Waals surface area contributed by atoms with Gasteiger partial charge in [-0.3, -0.25) is 0 Å². The van der Waals surface area contributed by atoms with Gasteiger partial charge in [-0.15, -0.1) is 0 Å². The standard InChI is InChI=1S/C14H30O3/c1-6-8-10-12-16-14(15,11-9-7-2)17-13(3,4)5/h15H,6-12H2,1-5H3. The second-order valence-corrected chi connectivity index (χ2v) is 5.59. The van der Waals surface area contributed by atoms with Crippen molar-refractivity contribution in [2.24, 2.45) is 0 Å². The van der Waals surface area contributed by atoms with Crippen molar-refractivity contribution in [1.29, 1.82) is 0 Å². The third-order valence-corrected chi connectivity index (χ3v) is 2.39. The van der Waals surface area contributed by atoms with Crippen LogP contribution in [0.1, 0.15) is 73.1 Å². The van der Waals surface area contributed by atoms with Crippen molar-refractivity contribution in [2.75, 3.05) is 6.61 Å². The molecule has 0 aromatic heterocycles. The molecule has 0 rings (SSSR count). The summed E-state index contributed by atoms with van der Waals surface area (Å²) in [6.07, 6.45) is 5.70. The predicted molar refractivity (Wildman–Crippen MR) is 70.8 cm³/mol. The van der Waals surface area contributed by atoms with Crippen molar-refractivity contribution in [1.82, 2.24) is 0 Å². The highest BCUT2D eigenvalue weighted by atomic mass is 16.8. The van der Waals surface area contributed by atoms with Gasteiger partial charge in [0.1, 0.15) is 0 Å². The minimum absolute atomic E-state index is 0.396. The van der Waals surface area contributed by atoms with Gasteiger partial charge in [0, 0.05) is 6.42 Å². The normalized spacial score (nSPS) is 15.9. The van der Waals surface area contributed by atoms with E-state index >= 15 is 0 Å². The van der Waals surface area contributed by atoms with Gasteiger partial charge in [0.2, 0.25) is 0 Å². The first-order chi connectivity index (χ1) is 7.83. The quantitative estimate of drug-likeness (QED) is 0.496. The van der Waals surface area contributed by atoms with E-state index in [4.69, 9.17) is 9.47 Å². The molecule has 0 aliphatic heterocycles. The van der Waals surface area contributed by atoms with Gasteiger partial charge in [-0.2, -0.15) is 0 Å². The van der Waals surface area contributed by atoms with Crippen molar-refractivity contribution in [3.05, 3.63) is 0 Å². The maximum absolute atomic E-state index is 10.3. The molecular formula is C14H30O3. The Labute approximate surface area is 107 Å². The fraction of sp³-hybridized carbons (Fsp3) is 1.00.